The maximum atomic E-state index is 12.3. The van der Waals surface area contributed by atoms with E-state index < -0.39 is 0 Å². The van der Waals surface area contributed by atoms with E-state index in [0.29, 0.717) is 24.9 Å². The molecule has 0 aromatic heterocycles. The lowest BCUT2D eigenvalue weighted by Crippen LogP contribution is -2.34. The number of aryl methyl sites for hydroxylation is 1. The van der Waals surface area contributed by atoms with E-state index in [1.54, 1.807) is 14.0 Å². The molecule has 1 N–H and O–H groups in total. The number of ether oxygens (including phenoxy) is 2. The summed E-state index contributed by atoms with van der Waals surface area (Å²) < 4.78 is 11.2. The van der Waals surface area contributed by atoms with E-state index >= 15 is 0 Å². The Hall–Kier alpha value is -3.60. The molecular formula is C27H27NO4. The van der Waals surface area contributed by atoms with Crippen LogP contribution in [0.1, 0.15) is 34.8 Å². The van der Waals surface area contributed by atoms with Crippen molar-refractivity contribution in [3.63, 3.8) is 0 Å². The molecule has 1 atom stereocenters. The van der Waals surface area contributed by atoms with Gasteiger partial charge < -0.3 is 14.8 Å². The monoisotopic (exact) mass is 429 g/mol. The van der Waals surface area contributed by atoms with Crippen molar-refractivity contribution in [1.82, 2.24) is 5.32 Å². The molecule has 3 aromatic carbocycles. The van der Waals surface area contributed by atoms with E-state index in [9.17, 15) is 9.59 Å². The Kier molecular flexibility index (Phi) is 6.55. The number of benzene rings is 3. The number of ketones is 1. The Bertz CT molecular complexity index is 1140. The number of Topliss-reactive ketones (excluding diaryl/α,β-unsaturated/α-hetero) is 1. The van der Waals surface area contributed by atoms with E-state index in [-0.39, 0.29) is 17.8 Å². The van der Waals surface area contributed by atoms with Gasteiger partial charge in [-0.1, -0.05) is 42.5 Å². The number of rotatable bonds is 8. The van der Waals surface area contributed by atoms with Crippen molar-refractivity contribution in [3.8, 4) is 22.6 Å². The van der Waals surface area contributed by atoms with Crippen LogP contribution >= 0.6 is 0 Å². The first-order chi connectivity index (χ1) is 15.5. The molecule has 0 bridgehead atoms. The first-order valence-corrected chi connectivity index (χ1v) is 10.8. The van der Waals surface area contributed by atoms with Crippen LogP contribution in [0.2, 0.25) is 0 Å². The zero-order valence-corrected chi connectivity index (χ0v) is 18.4. The molecule has 3 aromatic rings. The predicted molar refractivity (Wildman–Crippen MR) is 124 cm³/mol. The van der Waals surface area contributed by atoms with E-state index in [1.807, 2.05) is 60.7 Å². The van der Waals surface area contributed by atoms with Crippen LogP contribution in [0.4, 0.5) is 0 Å². The first kappa shape index (κ1) is 21.6. The van der Waals surface area contributed by atoms with Crippen LogP contribution in [0.15, 0.2) is 66.7 Å². The number of amides is 1. The minimum Gasteiger partial charge on any atom is -0.497 e. The summed E-state index contributed by atoms with van der Waals surface area (Å²) in [7, 11) is 1.64. The van der Waals surface area contributed by atoms with Gasteiger partial charge in [0.05, 0.1) is 13.7 Å². The molecule has 0 aliphatic carbocycles. The lowest BCUT2D eigenvalue weighted by molar-refractivity contribution is -0.121. The van der Waals surface area contributed by atoms with Crippen molar-refractivity contribution in [2.45, 2.75) is 32.3 Å². The second kappa shape index (κ2) is 9.69. The third-order valence-electron chi connectivity index (χ3n) is 5.72. The quantitative estimate of drug-likeness (QED) is 0.531. The van der Waals surface area contributed by atoms with Gasteiger partial charge in [-0.05, 0) is 59.9 Å². The second-order valence-corrected chi connectivity index (χ2v) is 8.02. The fourth-order valence-electron chi connectivity index (χ4n) is 4.05. The molecule has 5 nitrogen and oxygen atoms in total. The van der Waals surface area contributed by atoms with E-state index in [2.05, 4.69) is 11.4 Å². The maximum Gasteiger partial charge on any atom is 0.220 e. The van der Waals surface area contributed by atoms with Gasteiger partial charge in [-0.3, -0.25) is 9.59 Å². The third-order valence-corrected chi connectivity index (χ3v) is 5.72. The summed E-state index contributed by atoms with van der Waals surface area (Å²) in [6.07, 6.45) is 1.71. The molecule has 1 heterocycles. The largest absolute Gasteiger partial charge is 0.497 e. The highest BCUT2D eigenvalue weighted by atomic mass is 16.5. The fraction of sp³-hybridized carbons (Fsp3) is 0.259. The number of carbonyl (C=O) groups excluding carboxylic acids is 2. The van der Waals surface area contributed by atoms with Gasteiger partial charge in [0.2, 0.25) is 5.91 Å². The summed E-state index contributed by atoms with van der Waals surface area (Å²) in [6.45, 7) is 2.05. The minimum atomic E-state index is -0.0935. The van der Waals surface area contributed by atoms with Crippen molar-refractivity contribution < 1.29 is 19.1 Å². The normalized spacial score (nSPS) is 14.4. The highest BCUT2D eigenvalue weighted by Crippen LogP contribution is 2.34. The van der Waals surface area contributed by atoms with Crippen molar-refractivity contribution in [2.24, 2.45) is 0 Å². The van der Waals surface area contributed by atoms with E-state index in [0.717, 1.165) is 40.2 Å². The van der Waals surface area contributed by atoms with Crippen molar-refractivity contribution >= 4 is 11.7 Å². The molecule has 1 aliphatic heterocycles. The summed E-state index contributed by atoms with van der Waals surface area (Å²) in [5, 5.41) is 2.99. The average Bonchev–Trinajstić information content (AvgIpc) is 3.23. The molecule has 0 radical (unpaired) electrons. The molecule has 0 fully saturated rings. The lowest BCUT2D eigenvalue weighted by atomic mass is 9.95. The van der Waals surface area contributed by atoms with Gasteiger partial charge >= 0.3 is 0 Å². The molecule has 32 heavy (non-hydrogen) atoms. The molecule has 1 aliphatic rings. The van der Waals surface area contributed by atoms with Gasteiger partial charge in [0.15, 0.2) is 5.78 Å². The summed E-state index contributed by atoms with van der Waals surface area (Å²) >= 11 is 0. The lowest BCUT2D eigenvalue weighted by Gasteiger charge is -2.12. The number of carbonyl (C=O) groups is 2. The topological polar surface area (TPSA) is 64.6 Å². The van der Waals surface area contributed by atoms with Gasteiger partial charge in [-0.15, -0.1) is 0 Å². The molecule has 164 valence electrons. The Labute approximate surface area is 188 Å². The number of nitrogens with one attached hydrogen (secondary N) is 1. The van der Waals surface area contributed by atoms with Gasteiger partial charge in [0.1, 0.15) is 17.6 Å². The Balaban J connectivity index is 1.33. The summed E-state index contributed by atoms with van der Waals surface area (Å²) in [5.74, 6) is 1.69. The fourth-order valence-corrected chi connectivity index (χ4v) is 4.05. The van der Waals surface area contributed by atoms with Gasteiger partial charge in [0.25, 0.3) is 0 Å². The molecule has 0 saturated carbocycles. The maximum absolute atomic E-state index is 12.3. The highest BCUT2D eigenvalue weighted by Gasteiger charge is 2.24. The standard InChI is InChI=1S/C27H27NO4/c1-18(29)24-8-3-4-9-25(24)20-11-12-26-21(15-20)16-23(32-26)17-28-27(30)13-10-19-6-5-7-22(14-19)31-2/h3-9,11-12,14-15,23H,10,13,16-17H2,1-2H3,(H,28,30)/t23-/m1/s1. The summed E-state index contributed by atoms with van der Waals surface area (Å²) in [6, 6.07) is 21.4. The van der Waals surface area contributed by atoms with Crippen molar-refractivity contribution in [2.75, 3.05) is 13.7 Å². The number of hydrogen-bond acceptors (Lipinski definition) is 4. The van der Waals surface area contributed by atoms with E-state index in [1.165, 1.54) is 0 Å². The minimum absolute atomic E-state index is 0.00320. The Morgan fingerprint density at radius 1 is 1.06 bits per heavy atom. The Morgan fingerprint density at radius 3 is 2.72 bits per heavy atom. The van der Waals surface area contributed by atoms with Crippen LogP contribution in [0, 0.1) is 0 Å². The molecular weight excluding hydrogens is 402 g/mol. The third kappa shape index (κ3) is 4.99. The van der Waals surface area contributed by atoms with Crippen LogP contribution < -0.4 is 14.8 Å². The number of fused-ring (bicyclic) bond motifs is 1. The van der Waals surface area contributed by atoms with Crippen LogP contribution in [0.5, 0.6) is 11.5 Å². The van der Waals surface area contributed by atoms with Crippen molar-refractivity contribution in [3.05, 3.63) is 83.4 Å². The van der Waals surface area contributed by atoms with Crippen molar-refractivity contribution in [1.29, 1.82) is 0 Å². The average molecular weight is 430 g/mol. The van der Waals surface area contributed by atoms with Crippen LogP contribution in [-0.4, -0.2) is 31.4 Å². The van der Waals surface area contributed by atoms with Crippen LogP contribution in [-0.2, 0) is 17.6 Å². The van der Waals surface area contributed by atoms with E-state index in [4.69, 9.17) is 9.47 Å². The first-order valence-electron chi connectivity index (χ1n) is 10.8. The molecule has 0 unspecified atom stereocenters. The van der Waals surface area contributed by atoms with Crippen LogP contribution in [0.25, 0.3) is 11.1 Å². The zero-order valence-electron chi connectivity index (χ0n) is 18.4. The zero-order chi connectivity index (χ0) is 22.5. The summed E-state index contributed by atoms with van der Waals surface area (Å²) in [4.78, 5) is 24.3. The SMILES string of the molecule is COc1cccc(CCC(=O)NC[C@H]2Cc3cc(-c4ccccc4C(C)=O)ccc3O2)c1. The molecule has 0 spiro atoms. The van der Waals surface area contributed by atoms with Gasteiger partial charge in [-0.25, -0.2) is 0 Å². The molecule has 1 amide bonds. The van der Waals surface area contributed by atoms with Gasteiger partial charge in [0, 0.05) is 18.4 Å². The highest BCUT2D eigenvalue weighted by molar-refractivity contribution is 6.00. The molecule has 4 rings (SSSR count). The second-order valence-electron chi connectivity index (χ2n) is 8.02. The number of hydrogen-bond donors (Lipinski definition) is 1. The predicted octanol–water partition coefficient (Wildman–Crippen LogP) is 4.62. The Morgan fingerprint density at radius 2 is 1.91 bits per heavy atom. The molecule has 0 saturated heterocycles. The van der Waals surface area contributed by atoms with Gasteiger partial charge in [-0.2, -0.15) is 0 Å². The van der Waals surface area contributed by atoms with Crippen LogP contribution in [0.3, 0.4) is 0 Å². The summed E-state index contributed by atoms with van der Waals surface area (Å²) in [5.41, 5.74) is 4.81. The smallest absolute Gasteiger partial charge is 0.220 e. The number of methoxy groups -OCH3 is 1. The molecule has 5 heteroatoms.